The molecule has 0 saturated carbocycles. The van der Waals surface area contributed by atoms with Gasteiger partial charge in [0.1, 0.15) is 0 Å². The van der Waals surface area contributed by atoms with E-state index in [2.05, 4.69) is 5.32 Å². The molecule has 0 spiro atoms. The van der Waals surface area contributed by atoms with Crippen molar-refractivity contribution in [3.8, 4) is 0 Å². The van der Waals surface area contributed by atoms with Gasteiger partial charge in [-0.2, -0.15) is 0 Å². The van der Waals surface area contributed by atoms with Crippen LogP contribution in [0.5, 0.6) is 0 Å². The third-order valence-corrected chi connectivity index (χ3v) is 4.08. The molecule has 0 fully saturated rings. The van der Waals surface area contributed by atoms with E-state index in [1.807, 2.05) is 0 Å². The second-order valence-corrected chi connectivity index (χ2v) is 6.32. The van der Waals surface area contributed by atoms with Gasteiger partial charge in [0.15, 0.2) is 0 Å². The molecule has 21 heavy (non-hydrogen) atoms. The number of carbonyl (C=O) groups is 1. The fourth-order valence-electron chi connectivity index (χ4n) is 1.72. The molecule has 2 aromatic carbocycles. The summed E-state index contributed by atoms with van der Waals surface area (Å²) < 4.78 is 22.3. The summed E-state index contributed by atoms with van der Waals surface area (Å²) in [6.07, 6.45) is 0. The van der Waals surface area contributed by atoms with E-state index in [0.717, 1.165) is 5.56 Å². The Balaban J connectivity index is 2.04. The minimum Gasteiger partial charge on any atom is -0.348 e. The standard InChI is InChI=1S/C14H13ClN2O3S/c15-13-4-2-1-3-12(13)14(18)17-9-10-5-7-11(8-6-10)21(16,19)20/h1-8H,9H2,(H,17,18)(H2,16,19,20). The number of sulfonamides is 1. The number of nitrogens with two attached hydrogens (primary N) is 1. The van der Waals surface area contributed by atoms with Gasteiger partial charge in [0.25, 0.3) is 5.91 Å². The average molecular weight is 325 g/mol. The largest absolute Gasteiger partial charge is 0.348 e. The molecule has 0 aliphatic rings. The van der Waals surface area contributed by atoms with Crippen molar-refractivity contribution in [2.24, 2.45) is 5.14 Å². The smallest absolute Gasteiger partial charge is 0.253 e. The topological polar surface area (TPSA) is 89.3 Å². The molecule has 3 N–H and O–H groups in total. The lowest BCUT2D eigenvalue weighted by Crippen LogP contribution is -2.23. The molecule has 2 rings (SSSR count). The van der Waals surface area contributed by atoms with Crippen molar-refractivity contribution in [2.75, 3.05) is 0 Å². The third-order valence-electron chi connectivity index (χ3n) is 2.82. The SMILES string of the molecule is NS(=O)(=O)c1ccc(CNC(=O)c2ccccc2Cl)cc1. The minimum absolute atomic E-state index is 0.0312. The summed E-state index contributed by atoms with van der Waals surface area (Å²) in [5.41, 5.74) is 1.14. The van der Waals surface area contributed by atoms with Crippen LogP contribution in [0.4, 0.5) is 0 Å². The van der Waals surface area contributed by atoms with E-state index >= 15 is 0 Å². The number of hydrogen-bond acceptors (Lipinski definition) is 3. The number of carbonyl (C=O) groups excluding carboxylic acids is 1. The molecule has 1 amide bonds. The van der Waals surface area contributed by atoms with E-state index in [9.17, 15) is 13.2 Å². The van der Waals surface area contributed by atoms with Crippen LogP contribution in [-0.4, -0.2) is 14.3 Å². The van der Waals surface area contributed by atoms with Gasteiger partial charge in [-0.05, 0) is 29.8 Å². The molecule has 0 bridgehead atoms. The van der Waals surface area contributed by atoms with Crippen LogP contribution >= 0.6 is 11.6 Å². The number of halogens is 1. The number of rotatable bonds is 4. The predicted molar refractivity (Wildman–Crippen MR) is 80.4 cm³/mol. The van der Waals surface area contributed by atoms with Gasteiger partial charge in [-0.25, -0.2) is 13.6 Å². The van der Waals surface area contributed by atoms with E-state index in [4.69, 9.17) is 16.7 Å². The molecule has 5 nitrogen and oxygen atoms in total. The highest BCUT2D eigenvalue weighted by atomic mass is 35.5. The van der Waals surface area contributed by atoms with Crippen LogP contribution in [0.3, 0.4) is 0 Å². The van der Waals surface area contributed by atoms with Crippen LogP contribution in [0.15, 0.2) is 53.4 Å². The van der Waals surface area contributed by atoms with Crippen molar-refractivity contribution in [3.05, 3.63) is 64.7 Å². The zero-order valence-corrected chi connectivity index (χ0v) is 12.5. The molecular formula is C14H13ClN2O3S. The van der Waals surface area contributed by atoms with Gasteiger partial charge in [0.05, 0.1) is 15.5 Å². The van der Waals surface area contributed by atoms with Crippen molar-refractivity contribution in [1.29, 1.82) is 0 Å². The molecule has 0 heterocycles. The summed E-state index contributed by atoms with van der Waals surface area (Å²) in [6.45, 7) is 0.259. The van der Waals surface area contributed by atoms with Gasteiger partial charge in [-0.15, -0.1) is 0 Å². The minimum atomic E-state index is -3.70. The summed E-state index contributed by atoms with van der Waals surface area (Å²) in [5.74, 6) is -0.295. The van der Waals surface area contributed by atoms with Crippen LogP contribution < -0.4 is 10.5 Å². The second kappa shape index (κ2) is 6.26. The first-order valence-corrected chi connectivity index (χ1v) is 7.95. The lowest BCUT2D eigenvalue weighted by molar-refractivity contribution is 0.0951. The average Bonchev–Trinajstić information content (AvgIpc) is 2.45. The Labute approximate surface area is 127 Å². The van der Waals surface area contributed by atoms with E-state index in [1.54, 1.807) is 36.4 Å². The third kappa shape index (κ3) is 4.04. The van der Waals surface area contributed by atoms with Crippen LogP contribution in [-0.2, 0) is 16.6 Å². The summed E-state index contributed by atoms with van der Waals surface area (Å²) >= 11 is 5.93. The van der Waals surface area contributed by atoms with E-state index in [-0.39, 0.29) is 17.3 Å². The van der Waals surface area contributed by atoms with Gasteiger partial charge in [-0.1, -0.05) is 35.9 Å². The molecule has 0 radical (unpaired) electrons. The van der Waals surface area contributed by atoms with Gasteiger partial charge >= 0.3 is 0 Å². The Morgan fingerprint density at radius 2 is 1.71 bits per heavy atom. The second-order valence-electron chi connectivity index (χ2n) is 4.35. The number of hydrogen-bond donors (Lipinski definition) is 2. The zero-order valence-electron chi connectivity index (χ0n) is 10.9. The highest BCUT2D eigenvalue weighted by molar-refractivity contribution is 7.89. The summed E-state index contributed by atoms with van der Waals surface area (Å²) in [6, 6.07) is 12.7. The summed E-state index contributed by atoms with van der Waals surface area (Å²) in [7, 11) is -3.70. The summed E-state index contributed by atoms with van der Waals surface area (Å²) in [5, 5.41) is 8.09. The molecule has 0 atom stereocenters. The van der Waals surface area contributed by atoms with Crippen LogP contribution in [0, 0.1) is 0 Å². The number of benzene rings is 2. The van der Waals surface area contributed by atoms with Crippen molar-refractivity contribution >= 4 is 27.5 Å². The predicted octanol–water partition coefficient (Wildman–Crippen LogP) is 1.92. The zero-order chi connectivity index (χ0) is 15.5. The first kappa shape index (κ1) is 15.5. The molecular weight excluding hydrogens is 312 g/mol. The molecule has 110 valence electrons. The summed E-state index contributed by atoms with van der Waals surface area (Å²) in [4.78, 5) is 12.0. The maximum Gasteiger partial charge on any atom is 0.253 e. The van der Waals surface area contributed by atoms with E-state index < -0.39 is 10.0 Å². The Hall–Kier alpha value is -1.89. The molecule has 7 heteroatoms. The first-order chi connectivity index (χ1) is 9.88. The van der Waals surface area contributed by atoms with Crippen LogP contribution in [0.1, 0.15) is 15.9 Å². The molecule has 0 unspecified atom stereocenters. The van der Waals surface area contributed by atoms with E-state index in [1.165, 1.54) is 12.1 Å². The first-order valence-electron chi connectivity index (χ1n) is 6.02. The maximum atomic E-state index is 12.0. The Kier molecular flexibility index (Phi) is 4.62. The highest BCUT2D eigenvalue weighted by Crippen LogP contribution is 2.15. The number of primary sulfonamides is 1. The quantitative estimate of drug-likeness (QED) is 0.900. The lowest BCUT2D eigenvalue weighted by Gasteiger charge is -2.07. The van der Waals surface area contributed by atoms with Gasteiger partial charge in [0.2, 0.25) is 10.0 Å². The molecule has 0 saturated heterocycles. The Bertz CT molecular complexity index is 758. The Morgan fingerprint density at radius 1 is 1.10 bits per heavy atom. The molecule has 0 aliphatic heterocycles. The van der Waals surface area contributed by atoms with Crippen molar-refractivity contribution in [2.45, 2.75) is 11.4 Å². The van der Waals surface area contributed by atoms with Crippen LogP contribution in [0.2, 0.25) is 5.02 Å². The Morgan fingerprint density at radius 3 is 2.29 bits per heavy atom. The molecule has 0 aliphatic carbocycles. The fraction of sp³-hybridized carbons (Fsp3) is 0.0714. The highest BCUT2D eigenvalue weighted by Gasteiger charge is 2.10. The van der Waals surface area contributed by atoms with Gasteiger partial charge in [0, 0.05) is 6.54 Å². The fourth-order valence-corrected chi connectivity index (χ4v) is 2.46. The number of nitrogens with one attached hydrogen (secondary N) is 1. The normalized spacial score (nSPS) is 11.1. The van der Waals surface area contributed by atoms with Crippen molar-refractivity contribution < 1.29 is 13.2 Å². The van der Waals surface area contributed by atoms with Gasteiger partial charge < -0.3 is 5.32 Å². The number of amides is 1. The monoisotopic (exact) mass is 324 g/mol. The van der Waals surface area contributed by atoms with Crippen molar-refractivity contribution in [3.63, 3.8) is 0 Å². The molecule has 0 aromatic heterocycles. The lowest BCUT2D eigenvalue weighted by atomic mass is 10.2. The van der Waals surface area contributed by atoms with Gasteiger partial charge in [-0.3, -0.25) is 4.79 Å². The van der Waals surface area contributed by atoms with Crippen LogP contribution in [0.25, 0.3) is 0 Å². The maximum absolute atomic E-state index is 12.0. The van der Waals surface area contributed by atoms with Crippen molar-refractivity contribution in [1.82, 2.24) is 5.32 Å². The molecule has 2 aromatic rings. The van der Waals surface area contributed by atoms with E-state index in [0.29, 0.717) is 10.6 Å².